The van der Waals surface area contributed by atoms with Crippen molar-refractivity contribution in [3.63, 3.8) is 0 Å². The van der Waals surface area contributed by atoms with E-state index in [-0.39, 0.29) is 19.2 Å². The molecule has 5 nitrogen and oxygen atoms in total. The minimum absolute atomic E-state index is 0.0265. The third-order valence-electron chi connectivity index (χ3n) is 3.44. The Bertz CT molecular complexity index is 699. The average Bonchev–Trinajstić information content (AvgIpc) is 2.93. The minimum Gasteiger partial charge on any atom is -0.454 e. The van der Waals surface area contributed by atoms with E-state index in [9.17, 15) is 4.79 Å². The monoisotopic (exact) mass is 268 g/mol. The maximum atomic E-state index is 11.8. The highest BCUT2D eigenvalue weighted by atomic mass is 16.7. The van der Waals surface area contributed by atoms with Crippen molar-refractivity contribution in [1.29, 1.82) is 0 Å². The van der Waals surface area contributed by atoms with Gasteiger partial charge >= 0.3 is 0 Å². The molecule has 5 heteroatoms. The number of hydrogen-bond donors (Lipinski definition) is 1. The number of para-hydroxylation sites is 2. The van der Waals surface area contributed by atoms with Gasteiger partial charge in [0.2, 0.25) is 12.7 Å². The number of rotatable bonds is 1. The topological polar surface area (TPSA) is 50.8 Å². The van der Waals surface area contributed by atoms with Crippen LogP contribution in [-0.4, -0.2) is 19.2 Å². The van der Waals surface area contributed by atoms with E-state index in [0.717, 1.165) is 22.8 Å². The molecule has 2 aromatic carbocycles. The molecule has 2 aliphatic heterocycles. The number of hydrogen-bond acceptors (Lipinski definition) is 4. The number of nitrogens with zero attached hydrogens (tertiary/aromatic N) is 1. The second-order valence-corrected chi connectivity index (χ2v) is 4.69. The van der Waals surface area contributed by atoms with Gasteiger partial charge < -0.3 is 19.7 Å². The van der Waals surface area contributed by atoms with Crippen LogP contribution < -0.4 is 19.7 Å². The number of benzene rings is 2. The Balaban J connectivity index is 1.80. The molecule has 1 N–H and O–H groups in total. The first-order chi connectivity index (χ1) is 9.81. The van der Waals surface area contributed by atoms with E-state index in [0.29, 0.717) is 5.75 Å². The number of nitrogens with one attached hydrogen (secondary N) is 1. The smallest absolute Gasteiger partial charge is 0.244 e. The molecule has 0 aliphatic carbocycles. The van der Waals surface area contributed by atoms with Gasteiger partial charge in [0.15, 0.2) is 11.5 Å². The van der Waals surface area contributed by atoms with Crippen molar-refractivity contribution in [3.05, 3.63) is 42.5 Å². The summed E-state index contributed by atoms with van der Waals surface area (Å²) >= 11 is 0. The van der Waals surface area contributed by atoms with Gasteiger partial charge in [0.05, 0.1) is 11.4 Å². The van der Waals surface area contributed by atoms with Crippen molar-refractivity contribution < 1.29 is 14.3 Å². The van der Waals surface area contributed by atoms with Crippen LogP contribution in [0.15, 0.2) is 42.5 Å². The molecule has 2 heterocycles. The molecule has 0 bridgehead atoms. The summed E-state index contributed by atoms with van der Waals surface area (Å²) in [5.41, 5.74) is 2.71. The van der Waals surface area contributed by atoms with Crippen LogP contribution in [0, 0.1) is 0 Å². The van der Waals surface area contributed by atoms with Crippen molar-refractivity contribution >= 4 is 23.0 Å². The number of amides is 1. The van der Waals surface area contributed by atoms with E-state index in [4.69, 9.17) is 9.47 Å². The van der Waals surface area contributed by atoms with Crippen LogP contribution in [0.5, 0.6) is 11.5 Å². The van der Waals surface area contributed by atoms with Gasteiger partial charge in [0.25, 0.3) is 0 Å². The highest BCUT2D eigenvalue weighted by Gasteiger charge is 2.24. The molecule has 2 aromatic rings. The number of carbonyl (C=O) groups excluding carboxylic acids is 1. The third kappa shape index (κ3) is 1.67. The van der Waals surface area contributed by atoms with E-state index < -0.39 is 0 Å². The van der Waals surface area contributed by atoms with Crippen LogP contribution in [0.25, 0.3) is 0 Å². The predicted octanol–water partition coefficient (Wildman–Crippen LogP) is 2.51. The van der Waals surface area contributed by atoms with Crippen LogP contribution in [0.1, 0.15) is 0 Å². The van der Waals surface area contributed by atoms with Gasteiger partial charge in [-0.1, -0.05) is 12.1 Å². The summed E-state index contributed by atoms with van der Waals surface area (Å²) in [4.78, 5) is 13.8. The largest absolute Gasteiger partial charge is 0.454 e. The van der Waals surface area contributed by atoms with Crippen LogP contribution in [-0.2, 0) is 4.79 Å². The van der Waals surface area contributed by atoms with Crippen LogP contribution in [0.2, 0.25) is 0 Å². The Hall–Kier alpha value is -2.69. The molecule has 0 spiro atoms. The van der Waals surface area contributed by atoms with E-state index in [1.165, 1.54) is 0 Å². The molecule has 0 saturated carbocycles. The number of fused-ring (bicyclic) bond motifs is 2. The Morgan fingerprint density at radius 2 is 1.90 bits per heavy atom. The lowest BCUT2D eigenvalue weighted by Gasteiger charge is -2.30. The molecule has 0 atom stereocenters. The van der Waals surface area contributed by atoms with Crippen LogP contribution in [0.4, 0.5) is 17.1 Å². The summed E-state index contributed by atoms with van der Waals surface area (Å²) in [5, 5.41) is 2.88. The lowest BCUT2D eigenvalue weighted by atomic mass is 10.1. The number of ether oxygens (including phenoxy) is 2. The Morgan fingerprint density at radius 3 is 2.85 bits per heavy atom. The van der Waals surface area contributed by atoms with Crippen molar-refractivity contribution in [2.24, 2.45) is 0 Å². The maximum Gasteiger partial charge on any atom is 0.244 e. The summed E-state index contributed by atoms with van der Waals surface area (Å²) < 4.78 is 10.7. The number of anilines is 3. The molecule has 0 fully saturated rings. The van der Waals surface area contributed by atoms with Crippen molar-refractivity contribution in [2.75, 3.05) is 23.6 Å². The maximum absolute atomic E-state index is 11.8. The first-order valence-electron chi connectivity index (χ1n) is 6.37. The first kappa shape index (κ1) is 11.2. The quantitative estimate of drug-likeness (QED) is 0.863. The average molecular weight is 268 g/mol. The molecule has 0 unspecified atom stereocenters. The Morgan fingerprint density at radius 1 is 1.05 bits per heavy atom. The van der Waals surface area contributed by atoms with Crippen molar-refractivity contribution in [3.8, 4) is 11.5 Å². The van der Waals surface area contributed by atoms with E-state index in [2.05, 4.69) is 5.32 Å². The van der Waals surface area contributed by atoms with Gasteiger partial charge in [-0.05, 0) is 24.3 Å². The Kier molecular flexibility index (Phi) is 2.32. The molecular formula is C15H12N2O3. The lowest BCUT2D eigenvalue weighted by molar-refractivity contribution is -0.115. The molecular weight excluding hydrogens is 256 g/mol. The molecule has 0 aromatic heterocycles. The van der Waals surface area contributed by atoms with Gasteiger partial charge in [0.1, 0.15) is 6.54 Å². The summed E-state index contributed by atoms with van der Waals surface area (Å²) in [6.07, 6.45) is 0. The zero-order valence-electron chi connectivity index (χ0n) is 10.6. The first-order valence-corrected chi connectivity index (χ1v) is 6.37. The zero-order valence-corrected chi connectivity index (χ0v) is 10.6. The summed E-state index contributed by atoms with van der Waals surface area (Å²) in [6.45, 7) is 0.534. The van der Waals surface area contributed by atoms with Gasteiger partial charge in [0, 0.05) is 11.8 Å². The SMILES string of the molecule is O=C1CN(c2ccc3c(c2)OCO3)c2ccccc2N1. The van der Waals surface area contributed by atoms with Crippen LogP contribution in [0.3, 0.4) is 0 Å². The molecule has 1 amide bonds. The normalized spacial score (nSPS) is 15.8. The summed E-state index contributed by atoms with van der Waals surface area (Å²) in [6, 6.07) is 13.4. The third-order valence-corrected chi connectivity index (χ3v) is 3.44. The van der Waals surface area contributed by atoms with Gasteiger partial charge in [-0.2, -0.15) is 0 Å². The minimum atomic E-state index is -0.0265. The van der Waals surface area contributed by atoms with E-state index >= 15 is 0 Å². The van der Waals surface area contributed by atoms with Crippen molar-refractivity contribution in [1.82, 2.24) is 0 Å². The van der Waals surface area contributed by atoms with Gasteiger partial charge in [-0.3, -0.25) is 4.79 Å². The highest BCUT2D eigenvalue weighted by molar-refractivity contribution is 6.03. The number of carbonyl (C=O) groups is 1. The lowest BCUT2D eigenvalue weighted by Crippen LogP contribution is -2.34. The molecule has 2 aliphatic rings. The van der Waals surface area contributed by atoms with E-state index in [1.807, 2.05) is 47.4 Å². The molecule has 0 saturated heterocycles. The predicted molar refractivity (Wildman–Crippen MR) is 74.6 cm³/mol. The summed E-state index contributed by atoms with van der Waals surface area (Å²) in [5.74, 6) is 1.43. The molecule has 0 radical (unpaired) electrons. The molecule has 4 rings (SSSR count). The van der Waals surface area contributed by atoms with Gasteiger partial charge in [-0.15, -0.1) is 0 Å². The molecule has 20 heavy (non-hydrogen) atoms. The zero-order chi connectivity index (χ0) is 13.5. The Labute approximate surface area is 115 Å². The second kappa shape index (κ2) is 4.16. The summed E-state index contributed by atoms with van der Waals surface area (Å²) in [7, 11) is 0. The fourth-order valence-electron chi connectivity index (χ4n) is 2.52. The van der Waals surface area contributed by atoms with Crippen molar-refractivity contribution in [2.45, 2.75) is 0 Å². The second-order valence-electron chi connectivity index (χ2n) is 4.69. The fraction of sp³-hybridized carbons (Fsp3) is 0.133. The van der Waals surface area contributed by atoms with Gasteiger partial charge in [-0.25, -0.2) is 0 Å². The standard InChI is InChI=1S/C15H12N2O3/c18-15-8-17(12-4-2-1-3-11(12)16-15)10-5-6-13-14(7-10)20-9-19-13/h1-7H,8-9H2,(H,16,18). The fourth-order valence-corrected chi connectivity index (χ4v) is 2.52. The van der Waals surface area contributed by atoms with Crippen LogP contribution >= 0.6 is 0 Å². The molecule has 100 valence electrons. The van der Waals surface area contributed by atoms with E-state index in [1.54, 1.807) is 0 Å². The highest BCUT2D eigenvalue weighted by Crippen LogP contribution is 2.40.